The Hall–Kier alpha value is -2.15. The first kappa shape index (κ1) is 27.1. The lowest BCUT2D eigenvalue weighted by Gasteiger charge is -2.36. The summed E-state index contributed by atoms with van der Waals surface area (Å²) in [6.07, 6.45) is -13.2. The molecule has 0 fully saturated rings. The largest absolute Gasteiger partial charge is 0.444 e. The Labute approximate surface area is 187 Å². The maximum Gasteiger partial charge on any atom is 0.432 e. The summed E-state index contributed by atoms with van der Waals surface area (Å²) in [7, 11) is -3.37. The van der Waals surface area contributed by atoms with E-state index in [1.807, 2.05) is 0 Å². The monoisotopic (exact) mass is 502 g/mol. The molecule has 2 N–H and O–H groups in total. The van der Waals surface area contributed by atoms with Crippen molar-refractivity contribution in [2.75, 3.05) is 11.5 Å². The van der Waals surface area contributed by atoms with E-state index < -0.39 is 82.6 Å². The number of unbranched alkanes of at least 4 members (excludes halogenated alkanes) is 1. The number of rotatable bonds is 9. The second kappa shape index (κ2) is 10.4. The summed E-state index contributed by atoms with van der Waals surface area (Å²) in [6, 6.07) is 5.21. The van der Waals surface area contributed by atoms with E-state index in [9.17, 15) is 40.1 Å². The summed E-state index contributed by atoms with van der Waals surface area (Å²) in [6.45, 7) is 0. The highest BCUT2D eigenvalue weighted by Gasteiger charge is 2.59. The number of carbonyl (C=O) groups excluding carboxylic acids is 2. The molecule has 0 aromatic heterocycles. The quantitative estimate of drug-likeness (QED) is 0.310. The van der Waals surface area contributed by atoms with E-state index in [2.05, 4.69) is 4.36 Å². The number of benzene rings is 1. The molecule has 2 rings (SSSR count). The fourth-order valence-electron chi connectivity index (χ4n) is 3.33. The smallest absolute Gasteiger partial charge is 0.432 e. The van der Waals surface area contributed by atoms with E-state index in [0.29, 0.717) is 0 Å². The van der Waals surface area contributed by atoms with Crippen LogP contribution in [0.5, 0.6) is 0 Å². The van der Waals surface area contributed by atoms with Crippen LogP contribution in [-0.2, 0) is 29.7 Å². The fraction of sp³-hybridized carbons (Fsp3) is 0.600. The lowest BCUT2D eigenvalue weighted by molar-refractivity contribution is -0.277. The molecular weight excluding hydrogens is 478 g/mol. The van der Waals surface area contributed by atoms with Gasteiger partial charge in [0.05, 0.1) is 15.8 Å². The Morgan fingerprint density at radius 2 is 1.73 bits per heavy atom. The second-order valence-electron chi connectivity index (χ2n) is 7.74. The van der Waals surface area contributed by atoms with Crippen LogP contribution in [0.3, 0.4) is 0 Å². The van der Waals surface area contributed by atoms with Gasteiger partial charge in [0.25, 0.3) is 5.91 Å². The minimum atomic E-state index is -5.15. The highest BCUT2D eigenvalue weighted by molar-refractivity contribution is 7.93. The summed E-state index contributed by atoms with van der Waals surface area (Å²) in [4.78, 5) is 24.0. The molecule has 33 heavy (non-hydrogen) atoms. The lowest BCUT2D eigenvalue weighted by atomic mass is 9.90. The zero-order valence-corrected chi connectivity index (χ0v) is 18.3. The van der Waals surface area contributed by atoms with E-state index in [4.69, 9.17) is 10.5 Å². The molecule has 0 saturated carbocycles. The van der Waals surface area contributed by atoms with Crippen LogP contribution in [0, 0.1) is 0 Å². The van der Waals surface area contributed by atoms with Gasteiger partial charge in [0, 0.05) is 36.3 Å². The molecule has 1 aliphatic heterocycles. The second-order valence-corrected chi connectivity index (χ2v) is 10.3. The SMILES string of the molecule is N[C@H]1CC[S@@](=O)(CC[C@](OC(=O)CCCCC(F)(F)F)(c2ccccc2)C(F)(F)F)=NC1=O. The molecule has 1 amide bonds. The first-order chi connectivity index (χ1) is 15.2. The van der Waals surface area contributed by atoms with Crippen molar-refractivity contribution in [2.45, 2.75) is 62.5 Å². The van der Waals surface area contributed by atoms with Crippen LogP contribution in [0.15, 0.2) is 34.7 Å². The Kier molecular flexibility index (Phi) is 8.55. The molecule has 0 radical (unpaired) electrons. The Balaban J connectivity index is 2.30. The van der Waals surface area contributed by atoms with Crippen molar-refractivity contribution in [2.24, 2.45) is 10.1 Å². The summed E-state index contributed by atoms with van der Waals surface area (Å²) in [5.41, 5.74) is 1.85. The molecule has 186 valence electrons. The number of alkyl halides is 6. The molecular formula is C20H24F6N2O4S. The van der Waals surface area contributed by atoms with E-state index in [1.54, 1.807) is 0 Å². The van der Waals surface area contributed by atoms with Crippen LogP contribution < -0.4 is 5.73 Å². The van der Waals surface area contributed by atoms with Gasteiger partial charge in [0.1, 0.15) is 0 Å². The fourth-order valence-corrected chi connectivity index (χ4v) is 5.41. The predicted octanol–water partition coefficient (Wildman–Crippen LogP) is 4.23. The maximum absolute atomic E-state index is 14.3. The average molecular weight is 502 g/mol. The lowest BCUT2D eigenvalue weighted by Crippen LogP contribution is -2.48. The van der Waals surface area contributed by atoms with Crippen molar-refractivity contribution in [3.8, 4) is 0 Å². The van der Waals surface area contributed by atoms with Gasteiger partial charge < -0.3 is 10.5 Å². The number of amides is 1. The molecule has 13 heteroatoms. The highest BCUT2D eigenvalue weighted by Crippen LogP contribution is 2.46. The van der Waals surface area contributed by atoms with Gasteiger partial charge in [-0.15, -0.1) is 0 Å². The Bertz CT molecular complexity index is 958. The van der Waals surface area contributed by atoms with Gasteiger partial charge in [-0.3, -0.25) is 9.59 Å². The summed E-state index contributed by atoms with van der Waals surface area (Å²) >= 11 is 0. The van der Waals surface area contributed by atoms with Crippen LogP contribution in [0.25, 0.3) is 0 Å². The molecule has 0 spiro atoms. The number of hydrogen-bond acceptors (Lipinski definition) is 5. The Morgan fingerprint density at radius 3 is 2.27 bits per heavy atom. The van der Waals surface area contributed by atoms with E-state index in [0.717, 1.165) is 12.1 Å². The number of nitrogens with two attached hydrogens (primary N) is 1. The van der Waals surface area contributed by atoms with Gasteiger partial charge in [0.15, 0.2) is 0 Å². The summed E-state index contributed by atoms with van der Waals surface area (Å²) < 4.78 is 101. The standard InChI is InChI=1S/C20H24F6N2O4S/c21-19(22,23)10-5-4-8-16(29)32-18(20(24,25)26,14-6-2-1-3-7-14)11-13-33(31)12-9-15(27)17(30)28-33/h1-3,6-7,15H,4-5,8-13,27H2/t15-,18-,33+/m0/s1. The Morgan fingerprint density at radius 1 is 1.09 bits per heavy atom. The number of halogens is 6. The first-order valence-electron chi connectivity index (χ1n) is 10.1. The van der Waals surface area contributed by atoms with E-state index in [1.165, 1.54) is 18.2 Å². The molecule has 1 aromatic rings. The highest BCUT2D eigenvalue weighted by atomic mass is 32.2. The number of carbonyl (C=O) groups is 2. The molecule has 1 aromatic carbocycles. The number of hydrogen-bond donors (Lipinski definition) is 1. The molecule has 3 atom stereocenters. The third-order valence-electron chi connectivity index (χ3n) is 5.17. The van der Waals surface area contributed by atoms with Gasteiger partial charge in [-0.25, -0.2) is 4.21 Å². The zero-order chi connectivity index (χ0) is 24.9. The minimum Gasteiger partial charge on any atom is -0.444 e. The summed E-state index contributed by atoms with van der Waals surface area (Å²) in [5.74, 6) is -3.09. The number of ether oxygens (including phenoxy) is 1. The van der Waals surface area contributed by atoms with Crippen LogP contribution in [0.2, 0.25) is 0 Å². The van der Waals surface area contributed by atoms with Crippen molar-refractivity contribution in [3.63, 3.8) is 0 Å². The van der Waals surface area contributed by atoms with Crippen LogP contribution >= 0.6 is 0 Å². The molecule has 6 nitrogen and oxygen atoms in total. The van der Waals surface area contributed by atoms with Crippen molar-refractivity contribution in [1.82, 2.24) is 0 Å². The topological polar surface area (TPSA) is 98.8 Å². The van der Waals surface area contributed by atoms with Crippen molar-refractivity contribution in [3.05, 3.63) is 35.9 Å². The first-order valence-corrected chi connectivity index (χ1v) is 12.0. The van der Waals surface area contributed by atoms with Gasteiger partial charge in [-0.1, -0.05) is 30.3 Å². The molecule has 0 aliphatic carbocycles. The van der Waals surface area contributed by atoms with Crippen LogP contribution in [-0.4, -0.2) is 46.0 Å². The van der Waals surface area contributed by atoms with E-state index in [-0.39, 0.29) is 18.6 Å². The van der Waals surface area contributed by atoms with Gasteiger partial charge in [-0.2, -0.15) is 30.7 Å². The number of nitrogens with zero attached hydrogens (tertiary/aromatic N) is 1. The van der Waals surface area contributed by atoms with Gasteiger partial charge in [-0.05, 0) is 19.3 Å². The number of esters is 1. The minimum absolute atomic E-state index is 0.00941. The average Bonchev–Trinajstić information content (AvgIpc) is 2.71. The molecule has 1 aliphatic rings. The predicted molar refractivity (Wildman–Crippen MR) is 107 cm³/mol. The van der Waals surface area contributed by atoms with E-state index >= 15 is 0 Å². The summed E-state index contributed by atoms with van der Waals surface area (Å²) in [5, 5.41) is 0. The molecule has 0 unspecified atom stereocenters. The maximum atomic E-state index is 14.3. The third kappa shape index (κ3) is 7.42. The van der Waals surface area contributed by atoms with Crippen LogP contribution in [0.4, 0.5) is 26.3 Å². The van der Waals surface area contributed by atoms with Crippen molar-refractivity contribution < 1.29 is 44.9 Å². The van der Waals surface area contributed by atoms with Crippen molar-refractivity contribution >= 4 is 21.6 Å². The molecule has 0 saturated heterocycles. The van der Waals surface area contributed by atoms with Crippen molar-refractivity contribution in [1.29, 1.82) is 0 Å². The normalized spacial score (nSPS) is 23.5. The van der Waals surface area contributed by atoms with Gasteiger partial charge >= 0.3 is 18.3 Å². The zero-order valence-electron chi connectivity index (χ0n) is 17.5. The molecule has 0 bridgehead atoms. The molecule has 1 heterocycles. The van der Waals surface area contributed by atoms with Crippen LogP contribution in [0.1, 0.15) is 44.1 Å². The van der Waals surface area contributed by atoms with Gasteiger partial charge in [0.2, 0.25) is 5.60 Å². The third-order valence-corrected chi connectivity index (χ3v) is 7.40.